The molecule has 0 saturated carbocycles. The number of unbranched alkanes of at least 4 members (excludes halogenated alkanes) is 2. The number of nitrogens with zero attached hydrogens (tertiary/aromatic N) is 1. The molecule has 0 amide bonds. The number of rotatable bonds is 10. The average molecular weight is 382 g/mol. The largest absolute Gasteiger partial charge is 0.357 e. The smallest absolute Gasteiger partial charge is 0.191 e. The van der Waals surface area contributed by atoms with Gasteiger partial charge in [-0.1, -0.05) is 52.2 Å². The van der Waals surface area contributed by atoms with Crippen molar-refractivity contribution in [2.24, 2.45) is 10.4 Å². The van der Waals surface area contributed by atoms with Gasteiger partial charge in [-0.25, -0.2) is 13.4 Å². The molecular weight excluding hydrogens is 346 g/mol. The van der Waals surface area contributed by atoms with Crippen LogP contribution in [0.3, 0.4) is 0 Å². The third-order valence-electron chi connectivity index (χ3n) is 4.31. The molecule has 0 bridgehead atoms. The maximum Gasteiger partial charge on any atom is 0.191 e. The lowest BCUT2D eigenvalue weighted by Crippen LogP contribution is -2.42. The first kappa shape index (κ1) is 22.5. The second-order valence-corrected chi connectivity index (χ2v) is 9.60. The van der Waals surface area contributed by atoms with Gasteiger partial charge in [0, 0.05) is 19.3 Å². The number of hydrogen-bond acceptors (Lipinski definition) is 3. The van der Waals surface area contributed by atoms with Crippen molar-refractivity contribution in [3.05, 3.63) is 29.8 Å². The Bertz CT molecular complexity index is 665. The molecule has 1 aromatic carbocycles. The first-order chi connectivity index (χ1) is 12.2. The zero-order valence-corrected chi connectivity index (χ0v) is 17.7. The van der Waals surface area contributed by atoms with Gasteiger partial charge >= 0.3 is 0 Å². The fourth-order valence-corrected chi connectivity index (χ4v) is 3.25. The lowest BCUT2D eigenvalue weighted by molar-refractivity contribution is 0.318. The van der Waals surface area contributed by atoms with Gasteiger partial charge in [0.15, 0.2) is 15.8 Å². The van der Waals surface area contributed by atoms with Gasteiger partial charge in [-0.3, -0.25) is 0 Å². The Morgan fingerprint density at radius 3 is 2.27 bits per heavy atom. The molecule has 1 rings (SSSR count). The molecule has 0 unspecified atom stereocenters. The molecule has 0 spiro atoms. The molecule has 1 aromatic rings. The fraction of sp³-hybridized carbons (Fsp3) is 0.650. The highest BCUT2D eigenvalue weighted by atomic mass is 32.2. The molecule has 0 fully saturated rings. The molecule has 0 atom stereocenters. The van der Waals surface area contributed by atoms with Crippen molar-refractivity contribution < 1.29 is 8.42 Å². The van der Waals surface area contributed by atoms with E-state index in [1.807, 2.05) is 19.1 Å². The van der Waals surface area contributed by atoms with Gasteiger partial charge in [-0.15, -0.1) is 0 Å². The number of hydrogen-bond donors (Lipinski definition) is 2. The van der Waals surface area contributed by atoms with E-state index in [0.717, 1.165) is 24.6 Å². The van der Waals surface area contributed by atoms with E-state index in [1.165, 1.54) is 31.9 Å². The summed E-state index contributed by atoms with van der Waals surface area (Å²) in [6.45, 7) is 11.0. The van der Waals surface area contributed by atoms with E-state index in [-0.39, 0.29) is 5.41 Å². The number of benzene rings is 1. The Labute approximate surface area is 159 Å². The van der Waals surface area contributed by atoms with E-state index in [0.29, 0.717) is 11.4 Å². The summed E-state index contributed by atoms with van der Waals surface area (Å²) in [6.07, 6.45) is 6.19. The number of nitrogens with one attached hydrogen (secondary N) is 2. The summed E-state index contributed by atoms with van der Waals surface area (Å²) in [5.41, 5.74) is 1.21. The maximum atomic E-state index is 11.5. The highest BCUT2D eigenvalue weighted by Gasteiger charge is 2.17. The van der Waals surface area contributed by atoms with Crippen LogP contribution in [-0.4, -0.2) is 33.7 Å². The molecule has 0 aliphatic carbocycles. The summed E-state index contributed by atoms with van der Waals surface area (Å²) >= 11 is 0. The molecule has 26 heavy (non-hydrogen) atoms. The van der Waals surface area contributed by atoms with Crippen LogP contribution in [0, 0.1) is 5.41 Å². The Kier molecular flexibility index (Phi) is 9.13. The van der Waals surface area contributed by atoms with Crippen LogP contribution in [0.25, 0.3) is 0 Å². The second-order valence-electron chi connectivity index (χ2n) is 7.59. The van der Waals surface area contributed by atoms with Gasteiger partial charge in [-0.2, -0.15) is 0 Å². The Morgan fingerprint density at radius 2 is 1.73 bits per heavy atom. The molecule has 0 saturated heterocycles. The molecule has 5 nitrogen and oxygen atoms in total. The minimum absolute atomic E-state index is 0.225. The molecule has 6 heteroatoms. The standard InChI is InChI=1S/C20H35N3O2S/c1-6-8-9-14-20(3,4)16-23-19(21-7-2)22-15-17-10-12-18(13-11-17)26(5,24)25/h10-13H,6-9,14-16H2,1-5H3,(H2,21,22,23). The van der Waals surface area contributed by atoms with Gasteiger partial charge in [0.25, 0.3) is 0 Å². The van der Waals surface area contributed by atoms with Crippen molar-refractivity contribution in [1.82, 2.24) is 10.6 Å². The maximum absolute atomic E-state index is 11.5. The monoisotopic (exact) mass is 381 g/mol. The predicted molar refractivity (Wildman–Crippen MR) is 110 cm³/mol. The van der Waals surface area contributed by atoms with Gasteiger partial charge in [0.1, 0.15) is 0 Å². The topological polar surface area (TPSA) is 70.6 Å². The molecule has 0 heterocycles. The Hall–Kier alpha value is -1.56. The van der Waals surface area contributed by atoms with Crippen molar-refractivity contribution in [3.8, 4) is 0 Å². The first-order valence-electron chi connectivity index (χ1n) is 9.49. The third kappa shape index (κ3) is 8.70. The van der Waals surface area contributed by atoms with Gasteiger partial charge < -0.3 is 10.6 Å². The summed E-state index contributed by atoms with van der Waals surface area (Å²) in [6, 6.07) is 6.91. The minimum Gasteiger partial charge on any atom is -0.357 e. The van der Waals surface area contributed by atoms with E-state index in [9.17, 15) is 8.42 Å². The van der Waals surface area contributed by atoms with E-state index in [4.69, 9.17) is 0 Å². The lowest BCUT2D eigenvalue weighted by Gasteiger charge is -2.26. The zero-order chi connectivity index (χ0) is 19.6. The van der Waals surface area contributed by atoms with Crippen LogP contribution in [-0.2, 0) is 16.4 Å². The van der Waals surface area contributed by atoms with E-state index < -0.39 is 9.84 Å². The van der Waals surface area contributed by atoms with Crippen molar-refractivity contribution in [2.45, 2.75) is 64.8 Å². The van der Waals surface area contributed by atoms with E-state index in [1.54, 1.807) is 12.1 Å². The average Bonchev–Trinajstić information content (AvgIpc) is 2.57. The van der Waals surface area contributed by atoms with Crippen LogP contribution in [0.2, 0.25) is 0 Å². The highest BCUT2D eigenvalue weighted by molar-refractivity contribution is 7.90. The van der Waals surface area contributed by atoms with Crippen molar-refractivity contribution in [3.63, 3.8) is 0 Å². The van der Waals surface area contributed by atoms with Crippen molar-refractivity contribution in [2.75, 3.05) is 19.3 Å². The summed E-state index contributed by atoms with van der Waals surface area (Å²) in [5.74, 6) is 0.795. The Balaban J connectivity index is 2.65. The number of sulfone groups is 1. The molecule has 148 valence electrons. The van der Waals surface area contributed by atoms with Gasteiger partial charge in [0.05, 0.1) is 11.4 Å². The van der Waals surface area contributed by atoms with E-state index >= 15 is 0 Å². The summed E-state index contributed by atoms with van der Waals surface area (Å²) in [7, 11) is -3.15. The summed E-state index contributed by atoms with van der Waals surface area (Å²) < 4.78 is 23.0. The number of aliphatic imine (C=N–C) groups is 1. The molecule has 0 radical (unpaired) electrons. The van der Waals surface area contributed by atoms with Crippen LogP contribution < -0.4 is 10.6 Å². The molecule has 2 N–H and O–H groups in total. The highest BCUT2D eigenvalue weighted by Crippen LogP contribution is 2.22. The van der Waals surface area contributed by atoms with Crippen molar-refractivity contribution in [1.29, 1.82) is 0 Å². The fourth-order valence-electron chi connectivity index (χ4n) is 2.62. The molecule has 0 aromatic heterocycles. The molecule has 0 aliphatic rings. The van der Waals surface area contributed by atoms with E-state index in [2.05, 4.69) is 36.4 Å². The summed E-state index contributed by atoms with van der Waals surface area (Å²) in [4.78, 5) is 4.96. The van der Waals surface area contributed by atoms with Gasteiger partial charge in [-0.05, 0) is 36.5 Å². The zero-order valence-electron chi connectivity index (χ0n) is 16.9. The van der Waals surface area contributed by atoms with Crippen molar-refractivity contribution >= 4 is 15.8 Å². The molecule has 0 aliphatic heterocycles. The summed E-state index contributed by atoms with van der Waals surface area (Å²) in [5, 5.41) is 6.71. The van der Waals surface area contributed by atoms with Gasteiger partial charge in [0.2, 0.25) is 0 Å². The number of guanidine groups is 1. The van der Waals surface area contributed by atoms with Crippen LogP contribution in [0.15, 0.2) is 34.2 Å². The SMILES string of the molecule is CCCCCC(C)(C)CNC(=NCc1ccc(S(C)(=O)=O)cc1)NCC. The third-order valence-corrected chi connectivity index (χ3v) is 5.44. The van der Waals surface area contributed by atoms with Crippen LogP contribution in [0.4, 0.5) is 0 Å². The van der Waals surface area contributed by atoms with Crippen LogP contribution in [0.5, 0.6) is 0 Å². The Morgan fingerprint density at radius 1 is 1.08 bits per heavy atom. The minimum atomic E-state index is -3.15. The predicted octanol–water partition coefficient (Wildman–Crippen LogP) is 3.75. The first-order valence-corrected chi connectivity index (χ1v) is 11.4. The second kappa shape index (κ2) is 10.6. The normalized spacial score (nSPS) is 12.9. The van der Waals surface area contributed by atoms with Crippen LogP contribution in [0.1, 0.15) is 58.9 Å². The molecular formula is C20H35N3O2S. The quantitative estimate of drug-likeness (QED) is 0.368. The lowest BCUT2D eigenvalue weighted by atomic mass is 9.87. The van der Waals surface area contributed by atoms with Crippen LogP contribution >= 0.6 is 0 Å².